The molecule has 0 aliphatic rings. The van der Waals surface area contributed by atoms with Crippen LogP contribution in [0.25, 0.3) is 11.0 Å². The smallest absolute Gasteiger partial charge is 0.202 e. The second-order valence-corrected chi connectivity index (χ2v) is 6.04. The number of aryl methyl sites for hydroxylation is 1. The Bertz CT molecular complexity index is 725. The Morgan fingerprint density at radius 1 is 1.32 bits per heavy atom. The molecule has 19 heavy (non-hydrogen) atoms. The molecule has 1 aromatic carbocycles. The fraction of sp³-hybridized carbons (Fsp3) is 0.286. The maximum atomic E-state index is 6.14. The standard InChI is InChI=1S/C14H16N4S/c1-9-5-4-6-10-11(9)18(13(15)17-10)14(2,3)12-16-7-8-19-12/h4-8H,1-3H3,(H2,15,17). The lowest BCUT2D eigenvalue weighted by atomic mass is 10.1. The Labute approximate surface area is 115 Å². The molecule has 0 aliphatic carbocycles. The lowest BCUT2D eigenvalue weighted by Gasteiger charge is -2.26. The van der Waals surface area contributed by atoms with Gasteiger partial charge in [-0.3, -0.25) is 4.57 Å². The lowest BCUT2D eigenvalue weighted by Crippen LogP contribution is -2.29. The molecule has 0 atom stereocenters. The molecule has 2 aromatic heterocycles. The van der Waals surface area contributed by atoms with Crippen LogP contribution in [0.15, 0.2) is 29.8 Å². The summed E-state index contributed by atoms with van der Waals surface area (Å²) < 4.78 is 2.08. The summed E-state index contributed by atoms with van der Waals surface area (Å²) in [5.41, 5.74) is 9.03. The van der Waals surface area contributed by atoms with Crippen LogP contribution in [0.5, 0.6) is 0 Å². The minimum Gasteiger partial charge on any atom is -0.369 e. The Kier molecular flexibility index (Phi) is 2.60. The average Bonchev–Trinajstić information content (AvgIpc) is 2.95. The van der Waals surface area contributed by atoms with Gasteiger partial charge in [-0.1, -0.05) is 12.1 Å². The van der Waals surface area contributed by atoms with Crippen molar-refractivity contribution < 1.29 is 0 Å². The summed E-state index contributed by atoms with van der Waals surface area (Å²) in [6.07, 6.45) is 1.82. The molecule has 0 spiro atoms. The molecular weight excluding hydrogens is 256 g/mol. The number of aromatic nitrogens is 3. The van der Waals surface area contributed by atoms with E-state index in [1.807, 2.05) is 23.7 Å². The van der Waals surface area contributed by atoms with E-state index in [0.29, 0.717) is 5.95 Å². The van der Waals surface area contributed by atoms with Crippen LogP contribution in [0.3, 0.4) is 0 Å². The minimum absolute atomic E-state index is 0.306. The van der Waals surface area contributed by atoms with Crippen LogP contribution in [0, 0.1) is 6.92 Å². The van der Waals surface area contributed by atoms with Crippen molar-refractivity contribution in [3.63, 3.8) is 0 Å². The summed E-state index contributed by atoms with van der Waals surface area (Å²) in [5.74, 6) is 0.532. The molecule has 0 fully saturated rings. The Morgan fingerprint density at radius 2 is 2.11 bits per heavy atom. The van der Waals surface area contributed by atoms with Crippen molar-refractivity contribution in [2.45, 2.75) is 26.3 Å². The van der Waals surface area contributed by atoms with Crippen LogP contribution >= 0.6 is 11.3 Å². The molecule has 2 N–H and O–H groups in total. The molecule has 0 bridgehead atoms. The number of imidazole rings is 1. The van der Waals surface area contributed by atoms with E-state index in [2.05, 4.69) is 41.4 Å². The summed E-state index contributed by atoms with van der Waals surface area (Å²) >= 11 is 1.64. The predicted molar refractivity (Wildman–Crippen MR) is 79.4 cm³/mol. The van der Waals surface area contributed by atoms with Crippen molar-refractivity contribution in [2.24, 2.45) is 0 Å². The first-order chi connectivity index (χ1) is 9.01. The molecule has 2 heterocycles. The number of para-hydroxylation sites is 1. The fourth-order valence-electron chi connectivity index (χ4n) is 2.50. The lowest BCUT2D eigenvalue weighted by molar-refractivity contribution is 0.452. The second-order valence-electron chi connectivity index (χ2n) is 5.14. The van der Waals surface area contributed by atoms with E-state index in [9.17, 15) is 0 Å². The first kappa shape index (κ1) is 12.2. The maximum Gasteiger partial charge on any atom is 0.202 e. The predicted octanol–water partition coefficient (Wildman–Crippen LogP) is 3.17. The van der Waals surface area contributed by atoms with Gasteiger partial charge >= 0.3 is 0 Å². The third-order valence-corrected chi connectivity index (χ3v) is 4.50. The van der Waals surface area contributed by atoms with Gasteiger partial charge in [0.1, 0.15) is 5.01 Å². The van der Waals surface area contributed by atoms with E-state index in [1.165, 1.54) is 5.56 Å². The molecule has 0 unspecified atom stereocenters. The highest BCUT2D eigenvalue weighted by Gasteiger charge is 2.30. The minimum atomic E-state index is -0.306. The van der Waals surface area contributed by atoms with E-state index >= 15 is 0 Å². The molecule has 98 valence electrons. The first-order valence-electron chi connectivity index (χ1n) is 6.16. The Balaban J connectivity index is 2.34. The number of fused-ring (bicyclic) bond motifs is 1. The van der Waals surface area contributed by atoms with E-state index in [1.54, 1.807) is 11.3 Å². The van der Waals surface area contributed by atoms with Crippen LogP contribution in [0.4, 0.5) is 5.95 Å². The van der Waals surface area contributed by atoms with Gasteiger partial charge in [0, 0.05) is 11.6 Å². The van der Waals surface area contributed by atoms with Crippen molar-refractivity contribution in [3.05, 3.63) is 40.3 Å². The van der Waals surface area contributed by atoms with Gasteiger partial charge in [-0.15, -0.1) is 11.3 Å². The van der Waals surface area contributed by atoms with Crippen LogP contribution in [0.1, 0.15) is 24.4 Å². The van der Waals surface area contributed by atoms with Crippen LogP contribution in [0.2, 0.25) is 0 Å². The van der Waals surface area contributed by atoms with Crippen molar-refractivity contribution in [1.29, 1.82) is 0 Å². The van der Waals surface area contributed by atoms with Gasteiger partial charge in [0.2, 0.25) is 5.95 Å². The van der Waals surface area contributed by atoms with E-state index in [-0.39, 0.29) is 5.54 Å². The zero-order valence-electron chi connectivity index (χ0n) is 11.2. The van der Waals surface area contributed by atoms with Gasteiger partial charge in [-0.25, -0.2) is 9.97 Å². The normalized spacial score (nSPS) is 12.2. The van der Waals surface area contributed by atoms with Crippen molar-refractivity contribution in [1.82, 2.24) is 14.5 Å². The molecule has 0 saturated heterocycles. The molecule has 0 radical (unpaired) electrons. The monoisotopic (exact) mass is 272 g/mol. The highest BCUT2D eigenvalue weighted by Crippen LogP contribution is 2.34. The highest BCUT2D eigenvalue weighted by atomic mass is 32.1. The van der Waals surface area contributed by atoms with Crippen LogP contribution in [-0.4, -0.2) is 14.5 Å². The van der Waals surface area contributed by atoms with Crippen molar-refractivity contribution >= 4 is 28.3 Å². The van der Waals surface area contributed by atoms with Gasteiger partial charge in [0.25, 0.3) is 0 Å². The zero-order chi connectivity index (χ0) is 13.6. The Hall–Kier alpha value is -1.88. The summed E-state index contributed by atoms with van der Waals surface area (Å²) in [6, 6.07) is 6.08. The molecule has 0 amide bonds. The molecule has 0 saturated carbocycles. The van der Waals surface area contributed by atoms with Gasteiger partial charge in [0.15, 0.2) is 0 Å². The van der Waals surface area contributed by atoms with Crippen LogP contribution < -0.4 is 5.73 Å². The van der Waals surface area contributed by atoms with Crippen LogP contribution in [-0.2, 0) is 5.54 Å². The largest absolute Gasteiger partial charge is 0.369 e. The molecule has 4 nitrogen and oxygen atoms in total. The highest BCUT2D eigenvalue weighted by molar-refractivity contribution is 7.09. The number of anilines is 1. The van der Waals surface area contributed by atoms with Gasteiger partial charge in [-0.2, -0.15) is 0 Å². The maximum absolute atomic E-state index is 6.14. The van der Waals surface area contributed by atoms with E-state index in [0.717, 1.165) is 16.0 Å². The number of nitrogens with two attached hydrogens (primary N) is 1. The zero-order valence-corrected chi connectivity index (χ0v) is 12.0. The van der Waals surface area contributed by atoms with Crippen molar-refractivity contribution in [2.75, 3.05) is 5.73 Å². The number of benzene rings is 1. The van der Waals surface area contributed by atoms with Crippen molar-refractivity contribution in [3.8, 4) is 0 Å². The molecule has 5 heteroatoms. The van der Waals surface area contributed by atoms with E-state index < -0.39 is 0 Å². The number of hydrogen-bond acceptors (Lipinski definition) is 4. The molecule has 3 aromatic rings. The topological polar surface area (TPSA) is 56.7 Å². The third kappa shape index (κ3) is 1.73. The quantitative estimate of drug-likeness (QED) is 0.779. The molecule has 0 aliphatic heterocycles. The number of hydrogen-bond donors (Lipinski definition) is 1. The fourth-order valence-corrected chi connectivity index (χ4v) is 3.25. The number of rotatable bonds is 2. The van der Waals surface area contributed by atoms with Gasteiger partial charge < -0.3 is 5.73 Å². The summed E-state index contributed by atoms with van der Waals surface area (Å²) in [7, 11) is 0. The Morgan fingerprint density at radius 3 is 2.79 bits per heavy atom. The first-order valence-corrected chi connectivity index (χ1v) is 7.04. The third-order valence-electron chi connectivity index (χ3n) is 3.42. The number of nitrogens with zero attached hydrogens (tertiary/aromatic N) is 3. The second kappa shape index (κ2) is 4.06. The average molecular weight is 272 g/mol. The van der Waals surface area contributed by atoms with Gasteiger partial charge in [0.05, 0.1) is 16.6 Å². The molecule has 3 rings (SSSR count). The summed E-state index contributed by atoms with van der Waals surface area (Å²) in [4.78, 5) is 8.90. The van der Waals surface area contributed by atoms with Gasteiger partial charge in [-0.05, 0) is 32.4 Å². The summed E-state index contributed by atoms with van der Waals surface area (Å²) in [6.45, 7) is 6.32. The SMILES string of the molecule is Cc1cccc2nc(N)n(C(C)(C)c3nccs3)c12. The number of thiazole rings is 1. The van der Waals surface area contributed by atoms with E-state index in [4.69, 9.17) is 5.73 Å². The summed E-state index contributed by atoms with van der Waals surface area (Å²) in [5, 5.41) is 3.01. The number of nitrogen functional groups attached to an aromatic ring is 1. The molecular formula is C14H16N4S.